The molecule has 0 N–H and O–H groups in total. The first-order valence-electron chi connectivity index (χ1n) is 4.95. The second-order valence-electron chi connectivity index (χ2n) is 3.29. The molecule has 14 heavy (non-hydrogen) atoms. The summed E-state index contributed by atoms with van der Waals surface area (Å²) in [6.07, 6.45) is 2.85. The van der Waals surface area contributed by atoms with Crippen LogP contribution in [-0.2, 0) is 0 Å². The van der Waals surface area contributed by atoms with Gasteiger partial charge < -0.3 is 0 Å². The van der Waals surface area contributed by atoms with Crippen molar-refractivity contribution < 1.29 is 0 Å². The Labute approximate surface area is 95.8 Å². The minimum absolute atomic E-state index is 0.849. The first-order chi connectivity index (χ1) is 6.97. The summed E-state index contributed by atoms with van der Waals surface area (Å²) >= 11 is 2.75. The Bertz CT molecular complexity index is 301. The Hall–Kier alpha value is -0.301. The van der Waals surface area contributed by atoms with Crippen molar-refractivity contribution in [3.63, 3.8) is 0 Å². The van der Waals surface area contributed by atoms with Gasteiger partial charge >= 0.3 is 95.9 Å². The molecule has 2 heterocycles. The molecule has 0 aliphatic carbocycles. The van der Waals surface area contributed by atoms with Gasteiger partial charge in [-0.25, -0.2) is 0 Å². The Morgan fingerprint density at radius 2 is 2.00 bits per heavy atom. The van der Waals surface area contributed by atoms with Gasteiger partial charge in [-0.3, -0.25) is 0 Å². The second-order valence-corrected chi connectivity index (χ2v) is 7.02. The van der Waals surface area contributed by atoms with Crippen LogP contribution in [0.25, 0.3) is 0 Å². The first kappa shape index (κ1) is 10.2. The summed E-state index contributed by atoms with van der Waals surface area (Å²) in [5, 5.41) is 3.67. The third-order valence-electron chi connectivity index (χ3n) is 2.23. The molecular formula is C12H14SSe. The van der Waals surface area contributed by atoms with Crippen molar-refractivity contribution in [3.8, 4) is 0 Å². The molecular weight excluding hydrogens is 255 g/mol. The van der Waals surface area contributed by atoms with E-state index in [9.17, 15) is 0 Å². The van der Waals surface area contributed by atoms with E-state index in [4.69, 9.17) is 0 Å². The summed E-state index contributed by atoms with van der Waals surface area (Å²) in [5.74, 6) is 0. The normalized spacial score (nSPS) is 20.4. The van der Waals surface area contributed by atoms with Crippen LogP contribution in [0.3, 0.4) is 0 Å². The molecule has 1 aromatic heterocycles. The molecule has 1 atom stereocenters. The molecule has 0 amide bonds. The minimum atomic E-state index is 0.849. The third kappa shape index (κ3) is 2.84. The summed E-state index contributed by atoms with van der Waals surface area (Å²) in [5.41, 5.74) is 0. The van der Waals surface area contributed by atoms with Crippen molar-refractivity contribution in [2.45, 2.75) is 23.0 Å². The summed E-state index contributed by atoms with van der Waals surface area (Å²) in [7, 11) is 0. The van der Waals surface area contributed by atoms with Gasteiger partial charge in [0, 0.05) is 0 Å². The molecule has 0 aromatic carbocycles. The van der Waals surface area contributed by atoms with Crippen LogP contribution in [0.4, 0.5) is 0 Å². The van der Waals surface area contributed by atoms with Crippen LogP contribution in [0.5, 0.6) is 0 Å². The van der Waals surface area contributed by atoms with Crippen molar-refractivity contribution in [2.24, 2.45) is 0 Å². The van der Waals surface area contributed by atoms with Crippen LogP contribution in [0.15, 0.2) is 41.8 Å². The molecule has 2 rings (SSSR count). The van der Waals surface area contributed by atoms with E-state index < -0.39 is 0 Å². The van der Waals surface area contributed by atoms with Gasteiger partial charge in [-0.2, -0.15) is 0 Å². The van der Waals surface area contributed by atoms with E-state index in [1.54, 1.807) is 4.88 Å². The van der Waals surface area contributed by atoms with Gasteiger partial charge in [0.1, 0.15) is 0 Å². The molecule has 74 valence electrons. The topological polar surface area (TPSA) is 0 Å². The molecule has 0 radical (unpaired) electrons. The molecule has 2 heteroatoms. The van der Waals surface area contributed by atoms with Crippen LogP contribution in [-0.4, -0.2) is 15.0 Å². The fourth-order valence-electron chi connectivity index (χ4n) is 1.53. The zero-order chi connectivity index (χ0) is 9.64. The van der Waals surface area contributed by atoms with Crippen LogP contribution >= 0.6 is 11.3 Å². The van der Waals surface area contributed by atoms with Gasteiger partial charge in [0.05, 0.1) is 0 Å². The van der Waals surface area contributed by atoms with Gasteiger partial charge in [0.2, 0.25) is 0 Å². The molecule has 1 aromatic rings. The van der Waals surface area contributed by atoms with Crippen molar-refractivity contribution >= 4 is 26.3 Å². The zero-order valence-electron chi connectivity index (χ0n) is 8.06. The monoisotopic (exact) mass is 270 g/mol. The fraction of sp³-hybridized carbons (Fsp3) is 0.333. The van der Waals surface area contributed by atoms with E-state index >= 15 is 0 Å². The number of hydrogen-bond acceptors (Lipinski definition) is 1. The molecule has 1 aliphatic rings. The van der Waals surface area contributed by atoms with Gasteiger partial charge in [0.25, 0.3) is 0 Å². The van der Waals surface area contributed by atoms with Crippen molar-refractivity contribution in [2.75, 3.05) is 0 Å². The SMILES string of the molecule is c1cccsc(C2CCC[Se]2)ccc1. The standard InChI is InChI=1S/C12H14SSe/c1-2-4-7-11(13-9-5-3-1)12-8-6-10-14-12/h1-5,7,9,12H,6,8,10H2. The summed E-state index contributed by atoms with van der Waals surface area (Å²) < 4.78 is 0. The molecule has 0 bridgehead atoms. The van der Waals surface area contributed by atoms with Crippen LogP contribution in [0, 0.1) is 0 Å². The van der Waals surface area contributed by atoms with Gasteiger partial charge in [-0.1, -0.05) is 0 Å². The molecule has 1 fully saturated rings. The van der Waals surface area contributed by atoms with Crippen LogP contribution in [0.2, 0.25) is 5.32 Å². The molecule has 1 aliphatic heterocycles. The van der Waals surface area contributed by atoms with Crippen LogP contribution in [0.1, 0.15) is 22.5 Å². The van der Waals surface area contributed by atoms with Crippen molar-refractivity contribution in [3.05, 3.63) is 46.7 Å². The average Bonchev–Trinajstić information content (AvgIpc) is 2.75. The predicted octanol–water partition coefficient (Wildman–Crippen LogP) is 3.83. The Morgan fingerprint density at radius 3 is 2.86 bits per heavy atom. The van der Waals surface area contributed by atoms with E-state index in [1.165, 1.54) is 18.2 Å². The zero-order valence-corrected chi connectivity index (χ0v) is 10.6. The van der Waals surface area contributed by atoms with E-state index in [0.29, 0.717) is 0 Å². The van der Waals surface area contributed by atoms with E-state index in [2.05, 4.69) is 41.8 Å². The Kier molecular flexibility index (Phi) is 4.05. The van der Waals surface area contributed by atoms with E-state index in [1.807, 2.05) is 11.3 Å². The van der Waals surface area contributed by atoms with Crippen LogP contribution < -0.4 is 0 Å². The first-order valence-corrected chi connectivity index (χ1v) is 8.03. The number of hydrogen-bond donors (Lipinski definition) is 0. The van der Waals surface area contributed by atoms with E-state index in [-0.39, 0.29) is 0 Å². The fourth-order valence-corrected chi connectivity index (χ4v) is 5.49. The molecule has 0 nitrogen and oxygen atoms in total. The van der Waals surface area contributed by atoms with Gasteiger partial charge in [-0.05, 0) is 0 Å². The second kappa shape index (κ2) is 5.55. The molecule has 1 saturated heterocycles. The summed E-state index contributed by atoms with van der Waals surface area (Å²) in [6.45, 7) is 0. The molecule has 0 saturated carbocycles. The molecule has 0 spiro atoms. The summed E-state index contributed by atoms with van der Waals surface area (Å²) in [4.78, 5) is 2.46. The maximum atomic E-state index is 2.29. The Morgan fingerprint density at radius 1 is 1.14 bits per heavy atom. The van der Waals surface area contributed by atoms with Gasteiger partial charge in [-0.15, -0.1) is 0 Å². The summed E-state index contributed by atoms with van der Waals surface area (Å²) in [6, 6.07) is 12.9. The quantitative estimate of drug-likeness (QED) is 0.680. The predicted molar refractivity (Wildman–Crippen MR) is 64.5 cm³/mol. The third-order valence-corrected chi connectivity index (χ3v) is 6.53. The van der Waals surface area contributed by atoms with Gasteiger partial charge in [0.15, 0.2) is 0 Å². The number of rotatable bonds is 1. The van der Waals surface area contributed by atoms with Crippen molar-refractivity contribution in [1.82, 2.24) is 0 Å². The Balaban J connectivity index is 2.29. The average molecular weight is 269 g/mol. The van der Waals surface area contributed by atoms with Crippen molar-refractivity contribution in [1.29, 1.82) is 0 Å². The molecule has 1 unspecified atom stereocenters. The van der Waals surface area contributed by atoms with E-state index in [0.717, 1.165) is 19.8 Å². The maximum absolute atomic E-state index is 2.29.